The maximum Gasteiger partial charge on any atom is 0.262 e. The molecule has 6 heteroatoms. The summed E-state index contributed by atoms with van der Waals surface area (Å²) in [6.45, 7) is 3.53. The summed E-state index contributed by atoms with van der Waals surface area (Å²) in [6, 6.07) is 24.0. The van der Waals surface area contributed by atoms with Gasteiger partial charge >= 0.3 is 0 Å². The first-order valence-electron chi connectivity index (χ1n) is 11.1. The van der Waals surface area contributed by atoms with Crippen molar-refractivity contribution in [1.82, 2.24) is 0 Å². The van der Waals surface area contributed by atoms with Crippen LogP contribution in [0.25, 0.3) is 33.1 Å². The van der Waals surface area contributed by atoms with E-state index in [-0.39, 0.29) is 29.5 Å². The lowest BCUT2D eigenvalue weighted by Crippen LogP contribution is -2.22. The summed E-state index contributed by atoms with van der Waals surface area (Å²) in [5, 5.41) is 5.76. The van der Waals surface area contributed by atoms with Crippen LogP contribution >= 0.6 is 11.6 Å². The van der Waals surface area contributed by atoms with Gasteiger partial charge in [0.1, 0.15) is 5.58 Å². The number of rotatable bonds is 5. The molecular formula is C29H22ClNO4. The normalized spacial score (nSPS) is 11.1. The predicted octanol–water partition coefficient (Wildman–Crippen LogP) is 6.90. The number of amides is 1. The van der Waals surface area contributed by atoms with E-state index in [0.717, 1.165) is 21.9 Å². The third-order valence-electron chi connectivity index (χ3n) is 5.98. The minimum atomic E-state index is -0.386. The van der Waals surface area contributed by atoms with Crippen molar-refractivity contribution in [2.45, 2.75) is 13.8 Å². The standard InChI is InChI=1S/C29H22ClNO4/c1-17-14-23-25(15-18(17)2)35-28(20-10-12-21(30)13-11-20)29(27(23)33)34-16-26(32)31-24-9-5-7-19-6-3-4-8-22(19)24/h3-15H,16H2,1-2H3,(H,31,32). The quantitative estimate of drug-likeness (QED) is 0.295. The fourth-order valence-electron chi connectivity index (χ4n) is 4.01. The average Bonchev–Trinajstić information content (AvgIpc) is 2.85. The third-order valence-corrected chi connectivity index (χ3v) is 6.23. The van der Waals surface area contributed by atoms with Gasteiger partial charge in [-0.2, -0.15) is 0 Å². The Balaban J connectivity index is 1.51. The first-order valence-corrected chi connectivity index (χ1v) is 11.5. The van der Waals surface area contributed by atoms with Gasteiger partial charge in [-0.1, -0.05) is 48.0 Å². The van der Waals surface area contributed by atoms with Crippen LogP contribution in [0.2, 0.25) is 5.02 Å². The molecule has 0 saturated carbocycles. The molecule has 0 saturated heterocycles. The zero-order chi connectivity index (χ0) is 24.5. The van der Waals surface area contributed by atoms with Crippen molar-refractivity contribution in [2.24, 2.45) is 0 Å². The second-order valence-corrected chi connectivity index (χ2v) is 8.83. The molecule has 0 aliphatic heterocycles. The molecule has 1 heterocycles. The molecule has 174 valence electrons. The molecular weight excluding hydrogens is 462 g/mol. The first kappa shape index (κ1) is 22.7. The van der Waals surface area contributed by atoms with Crippen LogP contribution in [-0.4, -0.2) is 12.5 Å². The van der Waals surface area contributed by atoms with Gasteiger partial charge in [-0.05, 0) is 72.8 Å². The highest BCUT2D eigenvalue weighted by atomic mass is 35.5. The Bertz CT molecular complexity index is 1630. The van der Waals surface area contributed by atoms with E-state index >= 15 is 0 Å². The number of carbonyl (C=O) groups excluding carboxylic acids is 1. The monoisotopic (exact) mass is 483 g/mol. The van der Waals surface area contributed by atoms with Crippen LogP contribution in [-0.2, 0) is 4.79 Å². The molecule has 1 aromatic heterocycles. The summed E-state index contributed by atoms with van der Waals surface area (Å²) in [4.78, 5) is 26.3. The number of halogens is 1. The Morgan fingerprint density at radius 2 is 1.63 bits per heavy atom. The fourth-order valence-corrected chi connectivity index (χ4v) is 4.14. The summed E-state index contributed by atoms with van der Waals surface area (Å²) < 4.78 is 12.0. The first-order chi connectivity index (χ1) is 16.9. The highest BCUT2D eigenvalue weighted by molar-refractivity contribution is 6.30. The molecule has 0 atom stereocenters. The van der Waals surface area contributed by atoms with Crippen molar-refractivity contribution in [1.29, 1.82) is 0 Å². The number of benzene rings is 4. The third kappa shape index (κ3) is 4.51. The largest absolute Gasteiger partial charge is 0.476 e. The lowest BCUT2D eigenvalue weighted by molar-refractivity contribution is -0.118. The minimum Gasteiger partial charge on any atom is -0.476 e. The lowest BCUT2D eigenvalue weighted by atomic mass is 10.0. The number of carbonyl (C=O) groups is 1. The number of hydrogen-bond acceptors (Lipinski definition) is 4. The fraction of sp³-hybridized carbons (Fsp3) is 0.103. The van der Waals surface area contributed by atoms with Crippen molar-refractivity contribution < 1.29 is 13.9 Å². The molecule has 0 radical (unpaired) electrons. The van der Waals surface area contributed by atoms with Crippen LogP contribution in [0.15, 0.2) is 88.1 Å². The predicted molar refractivity (Wildman–Crippen MR) is 140 cm³/mol. The second-order valence-electron chi connectivity index (χ2n) is 8.39. The van der Waals surface area contributed by atoms with Gasteiger partial charge in [0.2, 0.25) is 11.2 Å². The molecule has 0 bridgehead atoms. The number of ether oxygens (including phenoxy) is 1. The minimum absolute atomic E-state index is 0.0175. The Labute approximate surface area is 206 Å². The zero-order valence-corrected chi connectivity index (χ0v) is 20.0. The lowest BCUT2D eigenvalue weighted by Gasteiger charge is -2.13. The van der Waals surface area contributed by atoms with Crippen molar-refractivity contribution in [3.8, 4) is 17.1 Å². The van der Waals surface area contributed by atoms with Gasteiger partial charge in [0.15, 0.2) is 12.4 Å². The van der Waals surface area contributed by atoms with Crippen LogP contribution in [0.3, 0.4) is 0 Å². The van der Waals surface area contributed by atoms with Crippen LogP contribution in [0, 0.1) is 13.8 Å². The van der Waals surface area contributed by atoms with Gasteiger partial charge < -0.3 is 14.5 Å². The van der Waals surface area contributed by atoms with Gasteiger partial charge in [0, 0.05) is 21.7 Å². The smallest absolute Gasteiger partial charge is 0.262 e. The molecule has 0 fully saturated rings. The van der Waals surface area contributed by atoms with E-state index in [2.05, 4.69) is 5.32 Å². The Morgan fingerprint density at radius 1 is 0.914 bits per heavy atom. The number of hydrogen-bond donors (Lipinski definition) is 1. The topological polar surface area (TPSA) is 68.5 Å². The SMILES string of the molecule is Cc1cc2oc(-c3ccc(Cl)cc3)c(OCC(=O)Nc3cccc4ccccc34)c(=O)c2cc1C. The Hall–Kier alpha value is -4.09. The molecule has 5 rings (SSSR count). The summed E-state index contributed by atoms with van der Waals surface area (Å²) >= 11 is 6.05. The van der Waals surface area contributed by atoms with Crippen LogP contribution in [0.4, 0.5) is 5.69 Å². The summed E-state index contributed by atoms with van der Waals surface area (Å²) in [5.74, 6) is -0.153. The van der Waals surface area contributed by atoms with Gasteiger partial charge in [0.05, 0.1) is 5.39 Å². The maximum atomic E-state index is 13.5. The van der Waals surface area contributed by atoms with E-state index in [1.807, 2.05) is 62.4 Å². The molecule has 1 N–H and O–H groups in total. The van der Waals surface area contributed by atoms with E-state index in [9.17, 15) is 9.59 Å². The van der Waals surface area contributed by atoms with Crippen molar-refractivity contribution in [2.75, 3.05) is 11.9 Å². The molecule has 5 aromatic rings. The molecule has 0 spiro atoms. The van der Waals surface area contributed by atoms with Crippen molar-refractivity contribution in [3.63, 3.8) is 0 Å². The Kier molecular flexibility index (Phi) is 6.01. The number of nitrogens with one attached hydrogen (secondary N) is 1. The van der Waals surface area contributed by atoms with Gasteiger partial charge in [-0.25, -0.2) is 0 Å². The average molecular weight is 484 g/mol. The molecule has 5 nitrogen and oxygen atoms in total. The molecule has 0 aliphatic rings. The molecule has 0 unspecified atom stereocenters. The van der Waals surface area contributed by atoms with E-state index in [1.165, 1.54) is 0 Å². The zero-order valence-electron chi connectivity index (χ0n) is 19.2. The van der Waals surface area contributed by atoms with Gasteiger partial charge in [-0.15, -0.1) is 0 Å². The summed E-state index contributed by atoms with van der Waals surface area (Å²) in [5.41, 5.74) is 3.38. The number of fused-ring (bicyclic) bond motifs is 2. The summed E-state index contributed by atoms with van der Waals surface area (Å²) in [6.07, 6.45) is 0. The molecule has 35 heavy (non-hydrogen) atoms. The van der Waals surface area contributed by atoms with Gasteiger partial charge in [0.25, 0.3) is 5.91 Å². The van der Waals surface area contributed by atoms with Gasteiger partial charge in [-0.3, -0.25) is 9.59 Å². The van der Waals surface area contributed by atoms with Crippen LogP contribution in [0.1, 0.15) is 11.1 Å². The Morgan fingerprint density at radius 3 is 2.43 bits per heavy atom. The molecule has 0 aliphatic carbocycles. The van der Waals surface area contributed by atoms with E-state index < -0.39 is 0 Å². The van der Waals surface area contributed by atoms with Crippen molar-refractivity contribution in [3.05, 3.63) is 105 Å². The molecule has 1 amide bonds. The van der Waals surface area contributed by atoms with E-state index in [1.54, 1.807) is 30.3 Å². The van der Waals surface area contributed by atoms with Crippen LogP contribution in [0.5, 0.6) is 5.75 Å². The highest BCUT2D eigenvalue weighted by Gasteiger charge is 2.20. The number of anilines is 1. The van der Waals surface area contributed by atoms with E-state index in [4.69, 9.17) is 20.8 Å². The number of aryl methyl sites for hydroxylation is 2. The van der Waals surface area contributed by atoms with E-state index in [0.29, 0.717) is 27.2 Å². The van der Waals surface area contributed by atoms with Crippen molar-refractivity contribution >= 4 is 44.9 Å². The second kappa shape index (κ2) is 9.28. The highest BCUT2D eigenvalue weighted by Crippen LogP contribution is 2.32. The summed E-state index contributed by atoms with van der Waals surface area (Å²) in [7, 11) is 0. The molecule has 4 aromatic carbocycles. The maximum absolute atomic E-state index is 13.5. The van der Waals surface area contributed by atoms with Crippen LogP contribution < -0.4 is 15.5 Å².